The number of aryl methyl sites for hydroxylation is 1. The molecule has 4 rings (SSSR count). The van der Waals surface area contributed by atoms with Crippen LogP contribution in [0.4, 0.5) is 11.4 Å². The van der Waals surface area contributed by atoms with Gasteiger partial charge in [-0.3, -0.25) is 0 Å². The third-order valence-electron chi connectivity index (χ3n) is 4.21. The second kappa shape index (κ2) is 4.38. The van der Waals surface area contributed by atoms with Crippen LogP contribution in [-0.4, -0.2) is 0 Å². The molecule has 0 amide bonds. The third kappa shape index (κ3) is 1.63. The van der Waals surface area contributed by atoms with Gasteiger partial charge >= 0.3 is 0 Å². The fourth-order valence-corrected chi connectivity index (χ4v) is 3.28. The second-order valence-electron chi connectivity index (χ2n) is 5.54. The van der Waals surface area contributed by atoms with Crippen LogP contribution >= 0.6 is 0 Å². The van der Waals surface area contributed by atoms with E-state index in [2.05, 4.69) is 78.6 Å². The van der Waals surface area contributed by atoms with E-state index in [-0.39, 0.29) is 0 Å². The van der Waals surface area contributed by atoms with Crippen LogP contribution in [0.3, 0.4) is 0 Å². The van der Waals surface area contributed by atoms with Crippen LogP contribution < -0.4 is 4.90 Å². The Morgan fingerprint density at radius 2 is 1.90 bits per heavy atom. The number of hydrogen-bond acceptors (Lipinski definition) is 1. The molecule has 1 atom stereocenters. The van der Waals surface area contributed by atoms with Crippen LogP contribution in [0.1, 0.15) is 23.5 Å². The van der Waals surface area contributed by atoms with Crippen molar-refractivity contribution in [2.75, 3.05) is 4.90 Å². The molecule has 1 heteroatoms. The van der Waals surface area contributed by atoms with Gasteiger partial charge in [0.1, 0.15) is 0 Å². The molecule has 1 heterocycles. The lowest BCUT2D eigenvalue weighted by Crippen LogP contribution is -2.14. The highest BCUT2D eigenvalue weighted by molar-refractivity contribution is 5.79. The molecule has 0 radical (unpaired) electrons. The minimum absolute atomic E-state index is 0.510. The van der Waals surface area contributed by atoms with Crippen LogP contribution in [0, 0.1) is 6.92 Å². The molecule has 2 aliphatic rings. The van der Waals surface area contributed by atoms with Crippen molar-refractivity contribution in [3.8, 4) is 0 Å². The predicted octanol–water partition coefficient (Wildman–Crippen LogP) is 5.07. The van der Waals surface area contributed by atoms with Gasteiger partial charge in [0, 0.05) is 23.0 Å². The summed E-state index contributed by atoms with van der Waals surface area (Å²) in [5, 5.41) is 0. The van der Waals surface area contributed by atoms with Crippen molar-refractivity contribution in [3.63, 3.8) is 0 Å². The zero-order valence-corrected chi connectivity index (χ0v) is 11.6. The highest BCUT2D eigenvalue weighted by Gasteiger charge is 2.34. The standard InChI is InChI=1S/C19H17N/c1-14-11-12-17-16-9-5-6-10-18(16)20(19(17)13-14)15-7-3-2-4-8-15/h2-8,10-13,16H,9H2,1H3/t16-/m0/s1. The first kappa shape index (κ1) is 11.5. The Morgan fingerprint density at radius 3 is 2.75 bits per heavy atom. The lowest BCUT2D eigenvalue weighted by molar-refractivity contribution is 0.819. The summed E-state index contributed by atoms with van der Waals surface area (Å²) in [6.45, 7) is 2.16. The van der Waals surface area contributed by atoms with Gasteiger partial charge in [-0.15, -0.1) is 0 Å². The monoisotopic (exact) mass is 259 g/mol. The first-order chi connectivity index (χ1) is 9.84. The maximum atomic E-state index is 2.41. The Balaban J connectivity index is 1.94. The molecule has 98 valence electrons. The molecule has 2 aromatic carbocycles. The van der Waals surface area contributed by atoms with Gasteiger partial charge in [-0.1, -0.05) is 42.5 Å². The lowest BCUT2D eigenvalue weighted by Gasteiger charge is -2.24. The zero-order chi connectivity index (χ0) is 13.5. The van der Waals surface area contributed by atoms with E-state index in [4.69, 9.17) is 0 Å². The summed E-state index contributed by atoms with van der Waals surface area (Å²) < 4.78 is 0. The summed E-state index contributed by atoms with van der Waals surface area (Å²) in [7, 11) is 0. The molecule has 0 saturated heterocycles. The summed E-state index contributed by atoms with van der Waals surface area (Å²) in [4.78, 5) is 2.41. The van der Waals surface area contributed by atoms with Crippen molar-refractivity contribution >= 4 is 11.4 Å². The molecule has 2 aromatic rings. The minimum atomic E-state index is 0.510. The van der Waals surface area contributed by atoms with Gasteiger partial charge in [0.25, 0.3) is 0 Å². The summed E-state index contributed by atoms with van der Waals surface area (Å²) in [5.74, 6) is 0.510. The molecule has 0 fully saturated rings. The molecule has 0 saturated carbocycles. The number of nitrogens with zero attached hydrogens (tertiary/aromatic N) is 1. The van der Waals surface area contributed by atoms with Gasteiger partial charge in [-0.25, -0.2) is 0 Å². The largest absolute Gasteiger partial charge is 0.313 e. The number of fused-ring (bicyclic) bond motifs is 3. The van der Waals surface area contributed by atoms with Gasteiger partial charge in [-0.05, 0) is 48.7 Å². The molecule has 20 heavy (non-hydrogen) atoms. The summed E-state index contributed by atoms with van der Waals surface area (Å²) in [6.07, 6.45) is 7.81. The Bertz CT molecular complexity index is 710. The average Bonchev–Trinajstić information content (AvgIpc) is 2.81. The Hall–Kier alpha value is -2.28. The van der Waals surface area contributed by atoms with E-state index >= 15 is 0 Å². The van der Waals surface area contributed by atoms with Crippen molar-refractivity contribution in [2.45, 2.75) is 19.3 Å². The maximum absolute atomic E-state index is 2.41. The second-order valence-corrected chi connectivity index (χ2v) is 5.54. The fourth-order valence-electron chi connectivity index (χ4n) is 3.28. The van der Waals surface area contributed by atoms with Gasteiger partial charge in [0.05, 0.1) is 0 Å². The van der Waals surface area contributed by atoms with Crippen LogP contribution in [0.25, 0.3) is 0 Å². The molecule has 0 N–H and O–H groups in total. The molecule has 0 bridgehead atoms. The van der Waals surface area contributed by atoms with E-state index in [9.17, 15) is 0 Å². The number of allylic oxidation sites excluding steroid dienone is 4. The van der Waals surface area contributed by atoms with Crippen molar-refractivity contribution < 1.29 is 0 Å². The molecule has 0 spiro atoms. The van der Waals surface area contributed by atoms with Crippen molar-refractivity contribution in [1.29, 1.82) is 0 Å². The molecule has 1 aliphatic carbocycles. The average molecular weight is 259 g/mol. The van der Waals surface area contributed by atoms with Crippen LogP contribution in [0.15, 0.2) is 72.5 Å². The number of rotatable bonds is 1. The van der Waals surface area contributed by atoms with E-state index in [0.717, 1.165) is 6.42 Å². The molecule has 1 nitrogen and oxygen atoms in total. The number of benzene rings is 2. The van der Waals surface area contributed by atoms with E-state index in [1.165, 1.54) is 28.2 Å². The zero-order valence-electron chi connectivity index (χ0n) is 11.6. The van der Waals surface area contributed by atoms with E-state index < -0.39 is 0 Å². The van der Waals surface area contributed by atoms with E-state index in [0.29, 0.717) is 5.92 Å². The van der Waals surface area contributed by atoms with Crippen molar-refractivity contribution in [3.05, 3.63) is 83.6 Å². The van der Waals surface area contributed by atoms with Crippen molar-refractivity contribution in [1.82, 2.24) is 0 Å². The predicted molar refractivity (Wildman–Crippen MR) is 84.3 cm³/mol. The first-order valence-electron chi connectivity index (χ1n) is 7.17. The van der Waals surface area contributed by atoms with E-state index in [1.807, 2.05) is 0 Å². The SMILES string of the molecule is Cc1ccc2c(c1)N(c1ccccc1)C1=CC=CC[C@H]12. The highest BCUT2D eigenvalue weighted by atomic mass is 15.2. The quantitative estimate of drug-likeness (QED) is 0.690. The third-order valence-corrected chi connectivity index (χ3v) is 4.21. The lowest BCUT2D eigenvalue weighted by atomic mass is 9.92. The molecular weight excluding hydrogens is 242 g/mol. The fraction of sp³-hybridized carbons (Fsp3) is 0.158. The van der Waals surface area contributed by atoms with Gasteiger partial charge in [-0.2, -0.15) is 0 Å². The van der Waals surface area contributed by atoms with Crippen LogP contribution in [-0.2, 0) is 0 Å². The topological polar surface area (TPSA) is 3.24 Å². The molecule has 0 unspecified atom stereocenters. The highest BCUT2D eigenvalue weighted by Crippen LogP contribution is 2.50. The number of hydrogen-bond donors (Lipinski definition) is 0. The van der Waals surface area contributed by atoms with Gasteiger partial charge in [0.2, 0.25) is 0 Å². The van der Waals surface area contributed by atoms with E-state index in [1.54, 1.807) is 0 Å². The number of anilines is 2. The Kier molecular flexibility index (Phi) is 2.53. The summed E-state index contributed by atoms with van der Waals surface area (Å²) >= 11 is 0. The minimum Gasteiger partial charge on any atom is -0.313 e. The maximum Gasteiger partial charge on any atom is 0.0500 e. The van der Waals surface area contributed by atoms with Gasteiger partial charge < -0.3 is 4.90 Å². The first-order valence-corrected chi connectivity index (χ1v) is 7.17. The molecule has 1 aliphatic heterocycles. The summed E-state index contributed by atoms with van der Waals surface area (Å²) in [6, 6.07) is 17.5. The summed E-state index contributed by atoms with van der Waals surface area (Å²) in [5.41, 5.74) is 6.77. The van der Waals surface area contributed by atoms with Crippen molar-refractivity contribution in [2.24, 2.45) is 0 Å². The Morgan fingerprint density at radius 1 is 1.05 bits per heavy atom. The van der Waals surface area contributed by atoms with Gasteiger partial charge in [0.15, 0.2) is 0 Å². The Labute approximate surface area is 119 Å². The van der Waals surface area contributed by atoms with Crippen LogP contribution in [0.5, 0.6) is 0 Å². The molecular formula is C19H17N. The normalized spacial score (nSPS) is 19.6. The smallest absolute Gasteiger partial charge is 0.0500 e. The molecule has 0 aromatic heterocycles. The number of para-hydroxylation sites is 1. The van der Waals surface area contributed by atoms with Crippen LogP contribution in [0.2, 0.25) is 0 Å².